The zero-order valence-corrected chi connectivity index (χ0v) is 15.7. The third kappa shape index (κ3) is 5.19. The van der Waals surface area contributed by atoms with Crippen molar-refractivity contribution in [3.63, 3.8) is 0 Å². The van der Waals surface area contributed by atoms with E-state index < -0.39 is 0 Å². The number of piperidine rings is 1. The quantitative estimate of drug-likeness (QED) is 0.819. The Morgan fingerprint density at radius 1 is 1.32 bits per heavy atom. The van der Waals surface area contributed by atoms with E-state index in [1.54, 1.807) is 0 Å². The molecule has 0 atom stereocenters. The number of primary amides is 1. The summed E-state index contributed by atoms with van der Waals surface area (Å²) in [5, 5.41) is 3.16. The molecule has 25 heavy (non-hydrogen) atoms. The summed E-state index contributed by atoms with van der Waals surface area (Å²) in [4.78, 5) is 28.0. The van der Waals surface area contributed by atoms with Crippen molar-refractivity contribution in [2.45, 2.75) is 45.7 Å². The zero-order chi connectivity index (χ0) is 18.6. The van der Waals surface area contributed by atoms with Gasteiger partial charge in [0, 0.05) is 37.9 Å². The lowest BCUT2D eigenvalue weighted by atomic mass is 10.0. The highest BCUT2D eigenvalue weighted by atomic mass is 16.2. The fraction of sp³-hybridized carbons (Fsp3) is 0.579. The number of hydrogen-bond acceptors (Lipinski definition) is 4. The smallest absolute Gasteiger partial charge is 0.253 e. The number of rotatable bonds is 6. The fourth-order valence-corrected chi connectivity index (χ4v) is 3.14. The number of nitrogens with zero attached hydrogens (tertiary/aromatic N) is 2. The second kappa shape index (κ2) is 8.34. The number of carbonyl (C=O) groups is 2. The maximum Gasteiger partial charge on any atom is 0.253 e. The molecule has 1 saturated heterocycles. The van der Waals surface area contributed by atoms with Crippen LogP contribution in [-0.4, -0.2) is 55.5 Å². The van der Waals surface area contributed by atoms with Crippen LogP contribution in [-0.2, 0) is 4.79 Å². The molecule has 1 aromatic rings. The summed E-state index contributed by atoms with van der Waals surface area (Å²) >= 11 is 0. The van der Waals surface area contributed by atoms with Gasteiger partial charge in [-0.3, -0.25) is 14.5 Å². The normalized spacial score (nSPS) is 16.0. The molecule has 1 aliphatic rings. The molecular weight excluding hydrogens is 316 g/mol. The summed E-state index contributed by atoms with van der Waals surface area (Å²) in [6, 6.07) is 6.44. The predicted molar refractivity (Wildman–Crippen MR) is 101 cm³/mol. The van der Waals surface area contributed by atoms with E-state index in [-0.39, 0.29) is 17.9 Å². The number of carbonyl (C=O) groups excluding carboxylic acids is 2. The molecule has 1 heterocycles. The molecule has 138 valence electrons. The van der Waals surface area contributed by atoms with Crippen molar-refractivity contribution in [2.24, 2.45) is 5.73 Å². The van der Waals surface area contributed by atoms with Gasteiger partial charge in [0.15, 0.2) is 0 Å². The molecule has 2 rings (SSSR count). The Hall–Kier alpha value is -2.08. The lowest BCUT2D eigenvalue weighted by Gasteiger charge is -2.32. The van der Waals surface area contributed by atoms with Crippen molar-refractivity contribution in [1.82, 2.24) is 10.2 Å². The average Bonchev–Trinajstić information content (AvgIpc) is 2.55. The van der Waals surface area contributed by atoms with Gasteiger partial charge in [0.1, 0.15) is 0 Å². The van der Waals surface area contributed by atoms with E-state index in [1.807, 2.05) is 37.1 Å². The van der Waals surface area contributed by atoms with Gasteiger partial charge in [-0.15, -0.1) is 0 Å². The van der Waals surface area contributed by atoms with E-state index in [9.17, 15) is 9.59 Å². The molecule has 0 saturated carbocycles. The van der Waals surface area contributed by atoms with Gasteiger partial charge in [0.05, 0.1) is 12.1 Å². The number of hydrogen-bond donors (Lipinski definition) is 2. The first-order chi connectivity index (χ1) is 11.8. The molecule has 0 bridgehead atoms. The van der Waals surface area contributed by atoms with E-state index in [0.29, 0.717) is 12.6 Å². The van der Waals surface area contributed by atoms with Crippen molar-refractivity contribution < 1.29 is 9.59 Å². The molecule has 0 aliphatic carbocycles. The summed E-state index contributed by atoms with van der Waals surface area (Å²) in [5.41, 5.74) is 7.98. The highest BCUT2D eigenvalue weighted by molar-refractivity contribution is 6.00. The van der Waals surface area contributed by atoms with Crippen LogP contribution in [0.3, 0.4) is 0 Å². The van der Waals surface area contributed by atoms with Crippen LogP contribution in [0.2, 0.25) is 0 Å². The maximum absolute atomic E-state index is 12.8. The van der Waals surface area contributed by atoms with Crippen LogP contribution in [0.25, 0.3) is 0 Å². The van der Waals surface area contributed by atoms with E-state index in [2.05, 4.69) is 24.1 Å². The van der Waals surface area contributed by atoms with Crippen molar-refractivity contribution >= 4 is 17.5 Å². The molecule has 1 aliphatic heterocycles. The molecule has 1 fully saturated rings. The summed E-state index contributed by atoms with van der Waals surface area (Å²) < 4.78 is 0. The molecule has 6 heteroatoms. The zero-order valence-electron chi connectivity index (χ0n) is 15.7. The SMILES string of the molecule is Cc1ccc(N(C)C(C)C)c(C(=O)NC2CCN(CC(N)=O)CC2)c1. The molecule has 6 nitrogen and oxygen atoms in total. The van der Waals surface area contributed by atoms with Gasteiger partial charge >= 0.3 is 0 Å². The van der Waals surface area contributed by atoms with Gasteiger partial charge in [-0.2, -0.15) is 0 Å². The monoisotopic (exact) mass is 346 g/mol. The summed E-state index contributed by atoms with van der Waals surface area (Å²) in [6.45, 7) is 8.06. The van der Waals surface area contributed by atoms with Crippen LogP contribution < -0.4 is 16.0 Å². The summed E-state index contributed by atoms with van der Waals surface area (Å²) in [7, 11) is 2.01. The van der Waals surface area contributed by atoms with E-state index in [4.69, 9.17) is 5.73 Å². The minimum absolute atomic E-state index is 0.0282. The Balaban J connectivity index is 2.04. The highest BCUT2D eigenvalue weighted by Crippen LogP contribution is 2.23. The molecule has 2 amide bonds. The van der Waals surface area contributed by atoms with Crippen molar-refractivity contribution in [2.75, 3.05) is 31.6 Å². The Bertz CT molecular complexity index is 622. The first kappa shape index (κ1) is 19.2. The van der Waals surface area contributed by atoms with Gasteiger partial charge in [-0.25, -0.2) is 0 Å². The van der Waals surface area contributed by atoms with Gasteiger partial charge < -0.3 is 16.0 Å². The fourth-order valence-electron chi connectivity index (χ4n) is 3.14. The van der Waals surface area contributed by atoms with Crippen LogP contribution in [0.4, 0.5) is 5.69 Å². The Labute approximate surface area is 150 Å². The van der Waals surface area contributed by atoms with E-state index >= 15 is 0 Å². The van der Waals surface area contributed by atoms with E-state index in [1.165, 1.54) is 0 Å². The van der Waals surface area contributed by atoms with Gasteiger partial charge in [0.2, 0.25) is 5.91 Å². The number of aryl methyl sites for hydroxylation is 1. The van der Waals surface area contributed by atoms with Crippen molar-refractivity contribution in [3.05, 3.63) is 29.3 Å². The van der Waals surface area contributed by atoms with Crippen molar-refractivity contribution in [3.8, 4) is 0 Å². The van der Waals surface area contributed by atoms with Gasteiger partial charge in [-0.1, -0.05) is 11.6 Å². The van der Waals surface area contributed by atoms with Crippen LogP contribution in [0.15, 0.2) is 18.2 Å². The molecule has 0 radical (unpaired) electrons. The standard InChI is InChI=1S/C19H30N4O2/c1-13(2)22(4)17-6-5-14(3)11-16(17)19(25)21-15-7-9-23(10-8-15)12-18(20)24/h5-6,11,13,15H,7-10,12H2,1-4H3,(H2,20,24)(H,21,25). The topological polar surface area (TPSA) is 78.7 Å². The number of nitrogens with one attached hydrogen (secondary N) is 1. The number of benzene rings is 1. The number of anilines is 1. The Morgan fingerprint density at radius 2 is 1.96 bits per heavy atom. The lowest BCUT2D eigenvalue weighted by molar-refractivity contribution is -0.119. The number of likely N-dealkylation sites (tertiary alicyclic amines) is 1. The largest absolute Gasteiger partial charge is 0.372 e. The Morgan fingerprint density at radius 3 is 2.52 bits per heavy atom. The molecule has 0 unspecified atom stereocenters. The molecule has 1 aromatic carbocycles. The van der Waals surface area contributed by atoms with Crippen molar-refractivity contribution in [1.29, 1.82) is 0 Å². The maximum atomic E-state index is 12.8. The third-order valence-corrected chi connectivity index (χ3v) is 4.85. The Kier molecular flexibility index (Phi) is 6.42. The van der Waals surface area contributed by atoms with Crippen LogP contribution in [0.5, 0.6) is 0 Å². The molecule has 3 N–H and O–H groups in total. The third-order valence-electron chi connectivity index (χ3n) is 4.85. The highest BCUT2D eigenvalue weighted by Gasteiger charge is 2.23. The molecular formula is C19H30N4O2. The number of amides is 2. The molecule has 0 aromatic heterocycles. The molecule has 0 spiro atoms. The second-order valence-corrected chi connectivity index (χ2v) is 7.22. The first-order valence-corrected chi connectivity index (χ1v) is 8.93. The van der Waals surface area contributed by atoms with Crippen LogP contribution in [0.1, 0.15) is 42.6 Å². The summed E-state index contributed by atoms with van der Waals surface area (Å²) in [6.07, 6.45) is 1.67. The van der Waals surface area contributed by atoms with Crippen LogP contribution >= 0.6 is 0 Å². The van der Waals surface area contributed by atoms with Gasteiger partial charge in [0.25, 0.3) is 5.91 Å². The number of nitrogens with two attached hydrogens (primary N) is 1. The minimum atomic E-state index is -0.302. The van der Waals surface area contributed by atoms with Crippen LogP contribution in [0, 0.1) is 6.92 Å². The second-order valence-electron chi connectivity index (χ2n) is 7.22. The minimum Gasteiger partial charge on any atom is -0.372 e. The predicted octanol–water partition coefficient (Wildman–Crippen LogP) is 1.52. The van der Waals surface area contributed by atoms with E-state index in [0.717, 1.165) is 42.7 Å². The lowest BCUT2D eigenvalue weighted by Crippen LogP contribution is -2.47. The van der Waals surface area contributed by atoms with Gasteiger partial charge in [-0.05, 0) is 45.7 Å². The first-order valence-electron chi connectivity index (χ1n) is 8.93. The summed E-state index contributed by atoms with van der Waals surface area (Å²) in [5.74, 6) is -0.330. The average molecular weight is 346 g/mol.